The van der Waals surface area contributed by atoms with Crippen molar-refractivity contribution in [1.29, 1.82) is 0 Å². The second kappa shape index (κ2) is 13.1. The zero-order chi connectivity index (χ0) is 33.8. The highest BCUT2D eigenvalue weighted by Crippen LogP contribution is 2.69. The minimum absolute atomic E-state index is 0.00930. The molecule has 260 valence electrons. The molecular weight excluding hydrogens is 602 g/mol. The maximum atomic E-state index is 13.5. The number of nitrogens with one attached hydrogen (secondary N) is 1. The second-order valence-electron chi connectivity index (χ2n) is 15.3. The van der Waals surface area contributed by atoms with Crippen molar-refractivity contribution in [2.75, 3.05) is 20.8 Å². The van der Waals surface area contributed by atoms with Crippen LogP contribution in [-0.4, -0.2) is 84.6 Å². The highest BCUT2D eigenvalue weighted by Gasteiger charge is 2.62. The Hall–Kier alpha value is -2.50. The summed E-state index contributed by atoms with van der Waals surface area (Å²) < 4.78 is 23.7. The number of hydrogen-bond donors (Lipinski definition) is 4. The Morgan fingerprint density at radius 3 is 2.47 bits per heavy atom. The largest absolute Gasteiger partial charge is 0.497 e. The molecule has 6 rings (SSSR count). The van der Waals surface area contributed by atoms with Gasteiger partial charge in [-0.25, -0.2) is 0 Å². The van der Waals surface area contributed by atoms with Crippen LogP contribution in [0.5, 0.6) is 11.5 Å². The lowest BCUT2D eigenvalue weighted by atomic mass is 9.47. The first kappa shape index (κ1) is 34.4. The van der Waals surface area contributed by atoms with E-state index in [0.717, 1.165) is 62.0 Å². The molecule has 0 bridgehead atoms. The van der Waals surface area contributed by atoms with Gasteiger partial charge in [-0.3, -0.25) is 9.59 Å². The van der Waals surface area contributed by atoms with E-state index in [2.05, 4.69) is 31.3 Å². The molecule has 13 atom stereocenters. The molecular formula is C37H53NO9. The first-order valence-corrected chi connectivity index (χ1v) is 17.3. The van der Waals surface area contributed by atoms with Crippen LogP contribution in [-0.2, 0) is 19.1 Å². The highest BCUT2D eigenvalue weighted by molar-refractivity contribution is 5.81. The monoisotopic (exact) mass is 655 g/mol. The number of allylic oxidation sites excluding steroid dienone is 1. The van der Waals surface area contributed by atoms with Crippen LogP contribution in [0.2, 0.25) is 0 Å². The first-order chi connectivity index (χ1) is 22.4. The third kappa shape index (κ3) is 5.82. The quantitative estimate of drug-likeness (QED) is 0.307. The standard InChI is InChI=1S/C37H53NO9/c1-19(40)31-26(25-16-22(44-5)8-10-29(25)45-6)17-28-24-9-7-21-15-23(11-13-36(21,3)27(24)12-14-37(28,31)4)46-35-32(38-20(2)41)34(43)33(42)30(18-39)47-35/h7-8,10,16,23-24,26-28,30-35,39,42-43H,9,11-15,17-18H2,1-6H3,(H,38,41)/t23-,24+,26-,27-,28-,30+,31-,32+,33+,34+,35+,36-,37-/m0/s1. The fourth-order valence-electron chi connectivity index (χ4n) is 10.8. The van der Waals surface area contributed by atoms with Gasteiger partial charge in [-0.2, -0.15) is 0 Å². The average Bonchev–Trinajstić information content (AvgIpc) is 3.37. The predicted molar refractivity (Wildman–Crippen MR) is 174 cm³/mol. The molecule has 1 aliphatic heterocycles. The number of aliphatic hydroxyl groups excluding tert-OH is 3. The summed E-state index contributed by atoms with van der Waals surface area (Å²) in [5.41, 5.74) is 2.37. The summed E-state index contributed by atoms with van der Waals surface area (Å²) in [5.74, 6) is 2.82. The Kier molecular flexibility index (Phi) is 9.57. The molecule has 1 heterocycles. The summed E-state index contributed by atoms with van der Waals surface area (Å²) in [7, 11) is 3.36. The van der Waals surface area contributed by atoms with Crippen LogP contribution in [0.1, 0.15) is 84.1 Å². The summed E-state index contributed by atoms with van der Waals surface area (Å²) in [6.45, 7) is 7.41. The average molecular weight is 656 g/mol. The number of amides is 1. The van der Waals surface area contributed by atoms with Crippen LogP contribution in [0.15, 0.2) is 29.8 Å². The molecule has 10 nitrogen and oxygen atoms in total. The SMILES string of the molecule is COc1ccc(OC)c([C@@H]2C[C@H]3[C@@H]4CC=C5C[C@@H](O[C@@H]6O[C@H](CO)[C@@H](O)[C@H](O)[C@H]6NC(C)=O)CC[C@]5(C)[C@H]4CC[C@]3(C)[C@H]2C(C)=O)c1. The van der Waals surface area contributed by atoms with Crippen LogP contribution in [0.4, 0.5) is 0 Å². The van der Waals surface area contributed by atoms with Crippen molar-refractivity contribution in [3.05, 3.63) is 35.4 Å². The van der Waals surface area contributed by atoms with Crippen molar-refractivity contribution >= 4 is 11.7 Å². The topological polar surface area (TPSA) is 144 Å². The molecule has 5 aliphatic rings. The fourth-order valence-corrected chi connectivity index (χ4v) is 10.8. The molecule has 0 spiro atoms. The summed E-state index contributed by atoms with van der Waals surface area (Å²) in [5, 5.41) is 33.6. The molecule has 1 aromatic rings. The molecule has 0 radical (unpaired) electrons. The Balaban J connectivity index is 1.24. The van der Waals surface area contributed by atoms with Gasteiger partial charge in [0.1, 0.15) is 41.6 Å². The third-order valence-corrected chi connectivity index (χ3v) is 13.0. The Bertz CT molecular complexity index is 1380. The van der Waals surface area contributed by atoms with Gasteiger partial charge in [0.2, 0.25) is 5.91 Å². The van der Waals surface area contributed by atoms with Gasteiger partial charge in [0, 0.05) is 18.4 Å². The van der Waals surface area contributed by atoms with Crippen molar-refractivity contribution in [3.8, 4) is 11.5 Å². The van der Waals surface area contributed by atoms with Crippen LogP contribution in [0.25, 0.3) is 0 Å². The Morgan fingerprint density at radius 1 is 1.04 bits per heavy atom. The number of ether oxygens (including phenoxy) is 4. The Labute approximate surface area is 278 Å². The predicted octanol–water partition coefficient (Wildman–Crippen LogP) is 3.89. The van der Waals surface area contributed by atoms with Gasteiger partial charge in [0.25, 0.3) is 0 Å². The van der Waals surface area contributed by atoms with Crippen molar-refractivity contribution in [3.63, 3.8) is 0 Å². The fraction of sp³-hybridized carbons (Fsp3) is 0.730. The number of carbonyl (C=O) groups excluding carboxylic acids is 2. The van der Waals surface area contributed by atoms with Gasteiger partial charge in [-0.1, -0.05) is 25.5 Å². The molecule has 47 heavy (non-hydrogen) atoms. The number of Topliss-reactive ketones (excluding diaryl/α,β-unsaturated/α-hetero) is 1. The highest BCUT2D eigenvalue weighted by atomic mass is 16.7. The van der Waals surface area contributed by atoms with Gasteiger partial charge in [0.05, 0.1) is 26.9 Å². The van der Waals surface area contributed by atoms with E-state index in [0.29, 0.717) is 17.8 Å². The van der Waals surface area contributed by atoms with Crippen molar-refractivity contribution in [2.45, 2.75) is 115 Å². The van der Waals surface area contributed by atoms with Gasteiger partial charge >= 0.3 is 0 Å². The van der Waals surface area contributed by atoms with Gasteiger partial charge in [0.15, 0.2) is 6.29 Å². The van der Waals surface area contributed by atoms with Crippen LogP contribution in [0.3, 0.4) is 0 Å². The Morgan fingerprint density at radius 2 is 1.81 bits per heavy atom. The van der Waals surface area contributed by atoms with Crippen molar-refractivity contribution in [2.24, 2.45) is 34.5 Å². The van der Waals surface area contributed by atoms with Crippen molar-refractivity contribution in [1.82, 2.24) is 5.32 Å². The van der Waals surface area contributed by atoms with E-state index in [4.69, 9.17) is 18.9 Å². The molecule has 4 aliphatic carbocycles. The van der Waals surface area contributed by atoms with Gasteiger partial charge < -0.3 is 39.6 Å². The zero-order valence-electron chi connectivity index (χ0n) is 28.6. The van der Waals surface area contributed by atoms with E-state index in [9.17, 15) is 24.9 Å². The van der Waals surface area contributed by atoms with E-state index >= 15 is 0 Å². The molecule has 1 saturated heterocycles. The van der Waals surface area contributed by atoms with Crippen LogP contribution >= 0.6 is 0 Å². The minimum Gasteiger partial charge on any atom is -0.497 e. The summed E-state index contributed by atoms with van der Waals surface area (Å²) in [6.07, 6.45) is 3.97. The molecule has 0 unspecified atom stereocenters. The van der Waals surface area contributed by atoms with Gasteiger partial charge in [-0.05, 0) is 105 Å². The molecule has 1 aromatic carbocycles. The van der Waals surface area contributed by atoms with Gasteiger partial charge in [-0.15, -0.1) is 0 Å². The molecule has 4 fully saturated rings. The molecule has 3 saturated carbocycles. The van der Waals surface area contributed by atoms with Crippen LogP contribution < -0.4 is 14.8 Å². The molecule has 10 heteroatoms. The number of hydrogen-bond acceptors (Lipinski definition) is 9. The third-order valence-electron chi connectivity index (χ3n) is 13.0. The van der Waals surface area contributed by atoms with E-state index in [1.165, 1.54) is 12.5 Å². The van der Waals surface area contributed by atoms with Crippen molar-refractivity contribution < 1.29 is 43.9 Å². The van der Waals surface area contributed by atoms with Crippen LogP contribution in [0, 0.1) is 34.5 Å². The summed E-state index contributed by atoms with van der Waals surface area (Å²) >= 11 is 0. The van der Waals surface area contributed by atoms with E-state index in [1.807, 2.05) is 12.1 Å². The second-order valence-corrected chi connectivity index (χ2v) is 15.3. The minimum atomic E-state index is -1.34. The smallest absolute Gasteiger partial charge is 0.217 e. The molecule has 4 N–H and O–H groups in total. The normalized spacial score (nSPS) is 42.7. The summed E-state index contributed by atoms with van der Waals surface area (Å²) in [4.78, 5) is 25.4. The number of rotatable bonds is 8. The number of aliphatic hydroxyl groups is 3. The number of benzene rings is 1. The molecule has 1 amide bonds. The molecule has 0 aromatic heterocycles. The number of methoxy groups -OCH3 is 2. The van der Waals surface area contributed by atoms with E-state index in [-0.39, 0.29) is 40.5 Å². The lowest BCUT2D eigenvalue weighted by Gasteiger charge is -2.58. The maximum Gasteiger partial charge on any atom is 0.217 e. The van der Waals surface area contributed by atoms with E-state index < -0.39 is 37.3 Å². The zero-order valence-corrected chi connectivity index (χ0v) is 28.6. The number of carbonyl (C=O) groups is 2. The van der Waals surface area contributed by atoms with E-state index in [1.54, 1.807) is 21.1 Å². The lowest BCUT2D eigenvalue weighted by molar-refractivity contribution is -0.284. The number of fused-ring (bicyclic) bond motifs is 5. The maximum absolute atomic E-state index is 13.5. The lowest BCUT2D eigenvalue weighted by Crippen LogP contribution is -2.65. The first-order valence-electron chi connectivity index (χ1n) is 17.3. The number of ketones is 1. The summed E-state index contributed by atoms with van der Waals surface area (Å²) in [6, 6.07) is 4.98.